The van der Waals surface area contributed by atoms with Crippen molar-refractivity contribution in [3.8, 4) is 0 Å². The third kappa shape index (κ3) is 3.83. The van der Waals surface area contributed by atoms with Gasteiger partial charge in [0.2, 0.25) is 0 Å². The van der Waals surface area contributed by atoms with Gasteiger partial charge in [-0.1, -0.05) is 27.2 Å². The van der Waals surface area contributed by atoms with E-state index in [0.29, 0.717) is 12.3 Å². The molecule has 0 fully saturated rings. The van der Waals surface area contributed by atoms with Gasteiger partial charge in [-0.05, 0) is 18.7 Å². The van der Waals surface area contributed by atoms with Crippen LogP contribution in [0.3, 0.4) is 0 Å². The van der Waals surface area contributed by atoms with E-state index in [9.17, 15) is 9.36 Å². The maximum atomic E-state index is 12.3. The van der Waals surface area contributed by atoms with Crippen molar-refractivity contribution in [3.63, 3.8) is 0 Å². The molecule has 1 N–H and O–H groups in total. The first-order chi connectivity index (χ1) is 6.50. The molecule has 3 nitrogen and oxygen atoms in total. The van der Waals surface area contributed by atoms with Gasteiger partial charge in [0.15, 0.2) is 0 Å². The zero-order valence-corrected chi connectivity index (χ0v) is 10.2. The summed E-state index contributed by atoms with van der Waals surface area (Å²) in [7, 11) is -2.24. The van der Waals surface area contributed by atoms with Crippen molar-refractivity contribution in [2.75, 3.05) is 12.3 Å². The molecule has 0 radical (unpaired) electrons. The Morgan fingerprint density at radius 3 is 2.07 bits per heavy atom. The van der Waals surface area contributed by atoms with Gasteiger partial charge in [-0.25, -0.2) is 0 Å². The lowest BCUT2D eigenvalue weighted by Gasteiger charge is -2.24. The van der Waals surface area contributed by atoms with Crippen molar-refractivity contribution < 1.29 is 14.5 Å². The zero-order chi connectivity index (χ0) is 11.2. The zero-order valence-electron chi connectivity index (χ0n) is 9.32. The standard InChI is InChI=1S/C10H21O3P/c1-4-7-9(8-10(11)12)14(13,5-2)6-3/h9H,4-8H2,1-3H3,(H,11,12). The van der Waals surface area contributed by atoms with Crippen LogP contribution in [-0.4, -0.2) is 29.1 Å². The van der Waals surface area contributed by atoms with E-state index in [1.807, 2.05) is 20.8 Å². The van der Waals surface area contributed by atoms with Gasteiger partial charge in [-0.3, -0.25) is 4.79 Å². The third-order valence-electron chi connectivity index (χ3n) is 2.77. The molecular formula is C10H21O3P. The maximum absolute atomic E-state index is 12.3. The molecule has 0 aliphatic heterocycles. The number of aliphatic carboxylic acids is 1. The second kappa shape index (κ2) is 6.23. The molecule has 0 rings (SSSR count). The Morgan fingerprint density at radius 1 is 1.29 bits per heavy atom. The van der Waals surface area contributed by atoms with Crippen LogP contribution in [0, 0.1) is 0 Å². The summed E-state index contributed by atoms with van der Waals surface area (Å²) >= 11 is 0. The Labute approximate surface area is 86.3 Å². The van der Waals surface area contributed by atoms with Gasteiger partial charge in [-0.15, -0.1) is 0 Å². The van der Waals surface area contributed by atoms with Crippen LogP contribution in [0.15, 0.2) is 0 Å². The minimum Gasteiger partial charge on any atom is -0.481 e. The molecule has 1 unspecified atom stereocenters. The SMILES string of the molecule is CCCC(CC(=O)O)P(=O)(CC)CC. The summed E-state index contributed by atoms with van der Waals surface area (Å²) in [6.45, 7) is 5.80. The van der Waals surface area contributed by atoms with E-state index >= 15 is 0 Å². The van der Waals surface area contributed by atoms with Gasteiger partial charge in [0.05, 0.1) is 13.6 Å². The average Bonchev–Trinajstić information content (AvgIpc) is 2.15. The minimum absolute atomic E-state index is 0.0623. The van der Waals surface area contributed by atoms with Crippen molar-refractivity contribution in [1.29, 1.82) is 0 Å². The molecule has 14 heavy (non-hydrogen) atoms. The highest BCUT2D eigenvalue weighted by Gasteiger charge is 2.30. The van der Waals surface area contributed by atoms with E-state index in [1.54, 1.807) is 0 Å². The Kier molecular flexibility index (Phi) is 6.10. The number of rotatable bonds is 7. The smallest absolute Gasteiger partial charge is 0.304 e. The van der Waals surface area contributed by atoms with Gasteiger partial charge in [0.1, 0.15) is 0 Å². The molecule has 0 amide bonds. The summed E-state index contributed by atoms with van der Waals surface area (Å²) < 4.78 is 12.3. The normalized spacial score (nSPS) is 13.9. The fourth-order valence-electron chi connectivity index (χ4n) is 1.78. The van der Waals surface area contributed by atoms with Crippen molar-refractivity contribution >= 4 is 13.1 Å². The van der Waals surface area contributed by atoms with Crippen molar-refractivity contribution in [2.24, 2.45) is 0 Å². The molecule has 0 aromatic heterocycles. The fourth-order valence-corrected chi connectivity index (χ4v) is 4.48. The molecule has 4 heteroatoms. The number of hydrogen-bond acceptors (Lipinski definition) is 2. The molecule has 1 atom stereocenters. The predicted molar refractivity (Wildman–Crippen MR) is 59.6 cm³/mol. The number of hydrogen-bond donors (Lipinski definition) is 1. The minimum atomic E-state index is -2.24. The van der Waals surface area contributed by atoms with Crippen LogP contribution in [0.4, 0.5) is 0 Å². The Balaban J connectivity index is 4.60. The van der Waals surface area contributed by atoms with Crippen LogP contribution in [0.2, 0.25) is 0 Å². The van der Waals surface area contributed by atoms with Crippen molar-refractivity contribution in [3.05, 3.63) is 0 Å². The second-order valence-electron chi connectivity index (χ2n) is 3.63. The molecule has 0 bridgehead atoms. The number of carboxylic acid groups (broad SMARTS) is 1. The number of carbonyl (C=O) groups is 1. The Bertz CT molecular complexity index is 217. The van der Waals surface area contributed by atoms with E-state index in [-0.39, 0.29) is 12.1 Å². The van der Waals surface area contributed by atoms with Crippen LogP contribution in [-0.2, 0) is 9.36 Å². The molecule has 0 aliphatic carbocycles. The maximum Gasteiger partial charge on any atom is 0.304 e. The van der Waals surface area contributed by atoms with Gasteiger partial charge in [0.25, 0.3) is 0 Å². The first-order valence-electron chi connectivity index (χ1n) is 5.29. The molecule has 0 aliphatic rings. The Hall–Kier alpha value is -0.300. The first kappa shape index (κ1) is 13.7. The number of carboxylic acids is 1. The monoisotopic (exact) mass is 220 g/mol. The molecule has 0 spiro atoms. The summed E-state index contributed by atoms with van der Waals surface area (Å²) in [6.07, 6.45) is 2.99. The van der Waals surface area contributed by atoms with Crippen molar-refractivity contribution in [1.82, 2.24) is 0 Å². The molecule has 0 saturated heterocycles. The Morgan fingerprint density at radius 2 is 1.79 bits per heavy atom. The summed E-state index contributed by atoms with van der Waals surface area (Å²) in [4.78, 5) is 10.6. The van der Waals surface area contributed by atoms with Crippen molar-refractivity contribution in [2.45, 2.75) is 45.7 Å². The van der Waals surface area contributed by atoms with E-state index in [2.05, 4.69) is 0 Å². The molecular weight excluding hydrogens is 199 g/mol. The van der Waals surface area contributed by atoms with E-state index in [4.69, 9.17) is 5.11 Å². The average molecular weight is 220 g/mol. The second-order valence-corrected chi connectivity index (χ2v) is 7.53. The molecule has 0 saturated carbocycles. The van der Waals surface area contributed by atoms with Gasteiger partial charge in [0, 0.05) is 5.66 Å². The highest BCUT2D eigenvalue weighted by Crippen LogP contribution is 2.52. The summed E-state index contributed by atoms with van der Waals surface area (Å²) in [6, 6.07) is 0. The molecule has 0 aromatic rings. The van der Waals surface area contributed by atoms with Crippen LogP contribution in [0.5, 0.6) is 0 Å². The van der Waals surface area contributed by atoms with Crippen LogP contribution in [0.1, 0.15) is 40.0 Å². The van der Waals surface area contributed by atoms with Gasteiger partial charge < -0.3 is 9.67 Å². The highest BCUT2D eigenvalue weighted by atomic mass is 31.2. The molecule has 0 aromatic carbocycles. The van der Waals surface area contributed by atoms with Gasteiger partial charge >= 0.3 is 5.97 Å². The molecule has 84 valence electrons. The quantitative estimate of drug-likeness (QED) is 0.671. The lowest BCUT2D eigenvalue weighted by molar-refractivity contribution is -0.137. The van der Waals surface area contributed by atoms with E-state index in [1.165, 1.54) is 0 Å². The summed E-state index contributed by atoms with van der Waals surface area (Å²) in [5, 5.41) is 8.74. The summed E-state index contributed by atoms with van der Waals surface area (Å²) in [5.74, 6) is -0.828. The van der Waals surface area contributed by atoms with Crippen LogP contribution in [0.25, 0.3) is 0 Å². The highest BCUT2D eigenvalue weighted by molar-refractivity contribution is 7.64. The lowest BCUT2D eigenvalue weighted by Crippen LogP contribution is -2.16. The fraction of sp³-hybridized carbons (Fsp3) is 0.900. The first-order valence-corrected chi connectivity index (χ1v) is 7.44. The van der Waals surface area contributed by atoms with Gasteiger partial charge in [-0.2, -0.15) is 0 Å². The topological polar surface area (TPSA) is 54.4 Å². The lowest BCUT2D eigenvalue weighted by atomic mass is 10.2. The predicted octanol–water partition coefficient (Wildman–Crippen LogP) is 3.03. The van der Waals surface area contributed by atoms with Crippen LogP contribution >= 0.6 is 7.14 Å². The van der Waals surface area contributed by atoms with E-state index in [0.717, 1.165) is 12.8 Å². The summed E-state index contributed by atoms with van der Waals surface area (Å²) in [5.41, 5.74) is -0.111. The van der Waals surface area contributed by atoms with Crippen LogP contribution < -0.4 is 0 Å². The molecule has 0 heterocycles. The third-order valence-corrected chi connectivity index (χ3v) is 6.68. The van der Waals surface area contributed by atoms with E-state index < -0.39 is 13.1 Å². The largest absolute Gasteiger partial charge is 0.481 e.